The first-order chi connectivity index (χ1) is 19.5. The van der Waals surface area contributed by atoms with Gasteiger partial charge in [0.05, 0.1) is 35.2 Å². The van der Waals surface area contributed by atoms with Crippen molar-refractivity contribution in [1.82, 2.24) is 15.1 Å². The predicted molar refractivity (Wildman–Crippen MR) is 160 cm³/mol. The summed E-state index contributed by atoms with van der Waals surface area (Å²) in [7, 11) is 0. The Morgan fingerprint density at radius 3 is 2.67 bits per heavy atom. The van der Waals surface area contributed by atoms with Gasteiger partial charge in [0.2, 0.25) is 11.8 Å². The van der Waals surface area contributed by atoms with Crippen LogP contribution in [0.5, 0.6) is 0 Å². The van der Waals surface area contributed by atoms with Crippen molar-refractivity contribution >= 4 is 40.7 Å². The number of carbonyl (C=O) groups is 2. The van der Waals surface area contributed by atoms with E-state index in [1.165, 1.54) is 0 Å². The molecule has 0 spiro atoms. The van der Waals surface area contributed by atoms with Gasteiger partial charge in [0.25, 0.3) is 0 Å². The second kappa shape index (κ2) is 11.2. The summed E-state index contributed by atoms with van der Waals surface area (Å²) < 4.78 is 7.23. The smallest absolute Gasteiger partial charge is 0.240 e. The molecule has 4 heterocycles. The second-order valence-corrected chi connectivity index (χ2v) is 11.5. The van der Waals surface area contributed by atoms with Crippen LogP contribution in [0.25, 0.3) is 16.9 Å². The number of aromatic nitrogens is 2. The van der Waals surface area contributed by atoms with E-state index in [0.29, 0.717) is 11.6 Å². The Labute approximate surface area is 240 Å². The van der Waals surface area contributed by atoms with Crippen LogP contribution in [0, 0.1) is 13.8 Å². The number of amides is 2. The van der Waals surface area contributed by atoms with Crippen molar-refractivity contribution in [2.45, 2.75) is 25.6 Å². The zero-order valence-electron chi connectivity index (χ0n) is 22.2. The van der Waals surface area contributed by atoms with Crippen LogP contribution >= 0.6 is 23.1 Å². The summed E-state index contributed by atoms with van der Waals surface area (Å²) in [5.41, 5.74) is 6.87. The predicted octanol–water partition coefficient (Wildman–Crippen LogP) is 6.30. The van der Waals surface area contributed by atoms with Crippen LogP contribution in [-0.4, -0.2) is 33.9 Å². The van der Waals surface area contributed by atoms with Crippen molar-refractivity contribution in [3.63, 3.8) is 0 Å². The van der Waals surface area contributed by atoms with Gasteiger partial charge < -0.3 is 9.73 Å². The molecule has 2 amide bonds. The molecular formula is C31H28N4O3S2. The van der Waals surface area contributed by atoms with Gasteiger partial charge in [0.15, 0.2) is 0 Å². The first kappa shape index (κ1) is 26.2. The molecule has 0 fully saturated rings. The number of nitrogens with zero attached hydrogens (tertiary/aromatic N) is 3. The van der Waals surface area contributed by atoms with Crippen LogP contribution in [0.2, 0.25) is 0 Å². The topological polar surface area (TPSA) is 80.4 Å². The van der Waals surface area contributed by atoms with E-state index in [1.54, 1.807) is 46.4 Å². The van der Waals surface area contributed by atoms with E-state index in [2.05, 4.69) is 42.1 Å². The Kier molecular flexibility index (Phi) is 7.32. The van der Waals surface area contributed by atoms with E-state index in [1.807, 2.05) is 47.1 Å². The Balaban J connectivity index is 1.55. The summed E-state index contributed by atoms with van der Waals surface area (Å²) >= 11 is 3.20. The number of rotatable bonds is 7. The van der Waals surface area contributed by atoms with E-state index in [9.17, 15) is 9.59 Å². The van der Waals surface area contributed by atoms with Gasteiger partial charge in [-0.3, -0.25) is 14.5 Å². The van der Waals surface area contributed by atoms with Crippen molar-refractivity contribution in [3.8, 4) is 16.9 Å². The molecule has 1 unspecified atom stereocenters. The van der Waals surface area contributed by atoms with Gasteiger partial charge in [0.1, 0.15) is 18.1 Å². The first-order valence-corrected chi connectivity index (χ1v) is 15.0. The number of thioether (sulfide) groups is 1. The maximum atomic E-state index is 13.8. The van der Waals surface area contributed by atoms with Crippen LogP contribution < -0.4 is 10.2 Å². The van der Waals surface area contributed by atoms with Crippen LogP contribution in [0.1, 0.15) is 33.3 Å². The minimum Gasteiger partial charge on any atom is -0.467 e. The third-order valence-electron chi connectivity index (χ3n) is 7.13. The van der Waals surface area contributed by atoms with E-state index in [4.69, 9.17) is 9.52 Å². The quantitative estimate of drug-likeness (QED) is 0.249. The zero-order chi connectivity index (χ0) is 27.6. The lowest BCUT2D eigenvalue weighted by Gasteiger charge is -2.24. The van der Waals surface area contributed by atoms with Gasteiger partial charge >= 0.3 is 0 Å². The molecule has 0 aliphatic carbocycles. The van der Waals surface area contributed by atoms with Crippen molar-refractivity contribution in [3.05, 3.63) is 112 Å². The number of hydrogen-bond acceptors (Lipinski definition) is 6. The highest BCUT2D eigenvalue weighted by molar-refractivity contribution is 8.00. The average Bonchev–Trinajstić information content (AvgIpc) is 3.74. The van der Waals surface area contributed by atoms with Crippen LogP contribution in [-0.2, 0) is 16.1 Å². The number of fused-ring (bicyclic) bond motifs is 1. The number of nitrogens with one attached hydrogen (secondary N) is 1. The molecule has 3 aromatic heterocycles. The molecule has 0 saturated heterocycles. The summed E-state index contributed by atoms with van der Waals surface area (Å²) in [5.74, 6) is 1.11. The average molecular weight is 569 g/mol. The van der Waals surface area contributed by atoms with Crippen molar-refractivity contribution in [2.24, 2.45) is 0 Å². The van der Waals surface area contributed by atoms with E-state index < -0.39 is 0 Å². The molecule has 9 heteroatoms. The van der Waals surface area contributed by atoms with Crippen molar-refractivity contribution in [1.29, 1.82) is 0 Å². The highest BCUT2D eigenvalue weighted by Crippen LogP contribution is 2.49. The van der Waals surface area contributed by atoms with Crippen LogP contribution in [0.3, 0.4) is 0 Å². The molecule has 1 atom stereocenters. The number of anilines is 1. The molecule has 6 rings (SSSR count). The van der Waals surface area contributed by atoms with Crippen LogP contribution in [0.15, 0.2) is 88.2 Å². The first-order valence-electron chi connectivity index (χ1n) is 13.0. The second-order valence-electron chi connectivity index (χ2n) is 9.67. The zero-order valence-corrected chi connectivity index (χ0v) is 23.8. The normalized spacial score (nSPS) is 15.1. The fraction of sp³-hybridized carbons (Fsp3) is 0.194. The summed E-state index contributed by atoms with van der Waals surface area (Å²) in [6.45, 7) is 4.24. The largest absolute Gasteiger partial charge is 0.467 e. The molecule has 7 nitrogen and oxygen atoms in total. The molecule has 2 aromatic carbocycles. The Morgan fingerprint density at radius 1 is 1.07 bits per heavy atom. The van der Waals surface area contributed by atoms with Crippen LogP contribution in [0.4, 0.5) is 5.82 Å². The molecular weight excluding hydrogens is 541 g/mol. The lowest BCUT2D eigenvalue weighted by Crippen LogP contribution is -2.42. The Bertz CT molecular complexity index is 1640. The van der Waals surface area contributed by atoms with E-state index in [0.717, 1.165) is 39.2 Å². The number of hydrogen-bond donors (Lipinski definition) is 1. The van der Waals surface area contributed by atoms with E-state index in [-0.39, 0.29) is 35.9 Å². The molecule has 0 bridgehead atoms. The summed E-state index contributed by atoms with van der Waals surface area (Å²) in [5, 5.41) is 12.1. The monoisotopic (exact) mass is 568 g/mol. The lowest BCUT2D eigenvalue weighted by molar-refractivity contribution is -0.123. The number of benzene rings is 2. The van der Waals surface area contributed by atoms with Gasteiger partial charge in [-0.25, -0.2) is 4.68 Å². The third-order valence-corrected chi connectivity index (χ3v) is 9.08. The summed E-state index contributed by atoms with van der Waals surface area (Å²) in [6, 6.07) is 21.8. The number of thiophene rings is 1. The number of carbonyl (C=O) groups excluding carboxylic acids is 2. The van der Waals surface area contributed by atoms with Gasteiger partial charge in [-0.15, -0.1) is 11.8 Å². The Morgan fingerprint density at radius 2 is 1.93 bits per heavy atom. The highest BCUT2D eigenvalue weighted by Gasteiger charge is 2.38. The minimum atomic E-state index is -0.273. The SMILES string of the molecule is Cc1cccc(-n2nc(-c3ccccc3)c3c2N(CC(=O)NCc2ccco2)C(=O)CSC3c2ccsc2)c1C. The fourth-order valence-corrected chi connectivity index (χ4v) is 6.91. The molecule has 202 valence electrons. The number of furan rings is 1. The molecule has 1 N–H and O–H groups in total. The Hall–Kier alpha value is -4.08. The molecule has 1 aliphatic rings. The summed E-state index contributed by atoms with van der Waals surface area (Å²) in [6.07, 6.45) is 1.57. The molecule has 5 aromatic rings. The van der Waals surface area contributed by atoms with Gasteiger partial charge in [-0.1, -0.05) is 42.5 Å². The highest BCUT2D eigenvalue weighted by atomic mass is 32.2. The molecule has 1 aliphatic heterocycles. The summed E-state index contributed by atoms with van der Waals surface area (Å²) in [4.78, 5) is 28.7. The molecule has 40 heavy (non-hydrogen) atoms. The maximum absolute atomic E-state index is 13.8. The molecule has 0 radical (unpaired) electrons. The molecule has 0 saturated carbocycles. The lowest BCUT2D eigenvalue weighted by atomic mass is 10.0. The third kappa shape index (κ3) is 4.98. The number of aryl methyl sites for hydroxylation is 1. The van der Waals surface area contributed by atoms with Gasteiger partial charge in [-0.2, -0.15) is 16.4 Å². The van der Waals surface area contributed by atoms with Crippen molar-refractivity contribution in [2.75, 3.05) is 17.2 Å². The van der Waals surface area contributed by atoms with Crippen molar-refractivity contribution < 1.29 is 14.0 Å². The van der Waals surface area contributed by atoms with E-state index >= 15 is 0 Å². The standard InChI is InChI=1S/C31H28N4O3S2/c1-20-8-6-12-25(21(20)2)35-31-28(29(33-35)22-9-4-3-5-10-22)30(23-13-15-39-18-23)40-19-27(37)34(31)17-26(36)32-16-24-11-7-14-38-24/h3-15,18,30H,16-17,19H2,1-2H3,(H,32,36). The maximum Gasteiger partial charge on any atom is 0.240 e. The fourth-order valence-electron chi connectivity index (χ4n) is 4.95. The minimum absolute atomic E-state index is 0.129. The van der Waals surface area contributed by atoms with Gasteiger partial charge in [0, 0.05) is 11.1 Å². The van der Waals surface area contributed by atoms with Gasteiger partial charge in [-0.05, 0) is 65.6 Å².